The number of carbonyl (C=O) groups excluding carboxylic acids is 1. The van der Waals surface area contributed by atoms with Crippen molar-refractivity contribution in [3.05, 3.63) is 84.4 Å². The molecule has 138 valence electrons. The number of anilines is 2. The highest BCUT2D eigenvalue weighted by atomic mass is 16.1. The second kappa shape index (κ2) is 8.94. The average Bonchev–Trinajstić information content (AvgIpc) is 2.72. The minimum Gasteiger partial charge on any atom is -0.372 e. The zero-order valence-electron chi connectivity index (χ0n) is 15.7. The Morgan fingerprint density at radius 3 is 2.15 bits per heavy atom. The molecule has 0 saturated heterocycles. The molecule has 0 aliphatic carbocycles. The zero-order valence-corrected chi connectivity index (χ0v) is 15.7. The Morgan fingerprint density at radius 2 is 1.56 bits per heavy atom. The van der Waals surface area contributed by atoms with E-state index in [1.165, 1.54) is 0 Å². The maximum Gasteiger partial charge on any atom is 0.239 e. The number of hydrogen-bond donors (Lipinski definition) is 1. The fourth-order valence-electron chi connectivity index (χ4n) is 3.08. The normalized spacial score (nSPS) is 11.6. The summed E-state index contributed by atoms with van der Waals surface area (Å²) in [4.78, 5) is 23.9. The van der Waals surface area contributed by atoms with Crippen LogP contribution in [0.3, 0.4) is 0 Å². The van der Waals surface area contributed by atoms with E-state index in [1.807, 2.05) is 54.6 Å². The first-order chi connectivity index (χ1) is 13.2. The van der Waals surface area contributed by atoms with Crippen LogP contribution in [0, 0.1) is 0 Å². The first-order valence-corrected chi connectivity index (χ1v) is 9.20. The summed E-state index contributed by atoms with van der Waals surface area (Å²) in [5.74, 6) is -0.223. The van der Waals surface area contributed by atoms with Crippen molar-refractivity contribution < 1.29 is 4.79 Å². The van der Waals surface area contributed by atoms with Crippen molar-refractivity contribution in [3.8, 4) is 0 Å². The van der Waals surface area contributed by atoms with Gasteiger partial charge in [0, 0.05) is 36.9 Å². The molecule has 0 aliphatic heterocycles. The fraction of sp³-hybridized carbons (Fsp3) is 0.227. The largest absolute Gasteiger partial charge is 0.372 e. The van der Waals surface area contributed by atoms with Gasteiger partial charge in [0.05, 0.1) is 0 Å². The number of benzene rings is 2. The van der Waals surface area contributed by atoms with Gasteiger partial charge >= 0.3 is 0 Å². The standard InChI is InChI=1S/C22H24N4O/c1-3-26(4-2)19-13-11-18(12-14-19)25-22(27)20(17-9-6-5-7-10-17)21-23-15-8-16-24-21/h5-16,20H,3-4H2,1-2H3,(H,25,27). The third-order valence-corrected chi connectivity index (χ3v) is 4.50. The highest BCUT2D eigenvalue weighted by Crippen LogP contribution is 2.24. The van der Waals surface area contributed by atoms with Crippen LogP contribution in [0.2, 0.25) is 0 Å². The van der Waals surface area contributed by atoms with Gasteiger partial charge in [-0.2, -0.15) is 0 Å². The summed E-state index contributed by atoms with van der Waals surface area (Å²) in [5.41, 5.74) is 2.76. The van der Waals surface area contributed by atoms with E-state index in [0.29, 0.717) is 5.82 Å². The number of carbonyl (C=O) groups is 1. The van der Waals surface area contributed by atoms with Crippen LogP contribution >= 0.6 is 0 Å². The smallest absolute Gasteiger partial charge is 0.239 e. The highest BCUT2D eigenvalue weighted by Gasteiger charge is 2.25. The zero-order chi connectivity index (χ0) is 19.1. The Bertz CT molecular complexity index is 807. The van der Waals surface area contributed by atoms with E-state index in [9.17, 15) is 4.79 Å². The topological polar surface area (TPSA) is 58.1 Å². The molecular formula is C22H24N4O. The molecule has 1 atom stereocenters. The van der Waals surface area contributed by atoms with Crippen LogP contribution in [-0.4, -0.2) is 29.0 Å². The molecule has 0 bridgehead atoms. The van der Waals surface area contributed by atoms with Crippen LogP contribution in [0.5, 0.6) is 0 Å². The molecule has 27 heavy (non-hydrogen) atoms. The maximum absolute atomic E-state index is 13.0. The van der Waals surface area contributed by atoms with Crippen molar-refractivity contribution in [2.45, 2.75) is 19.8 Å². The maximum atomic E-state index is 13.0. The molecule has 1 aromatic heterocycles. The van der Waals surface area contributed by atoms with Gasteiger partial charge in [-0.1, -0.05) is 30.3 Å². The summed E-state index contributed by atoms with van der Waals surface area (Å²) in [7, 11) is 0. The Balaban J connectivity index is 1.83. The fourth-order valence-corrected chi connectivity index (χ4v) is 3.08. The van der Waals surface area contributed by atoms with Gasteiger partial charge in [-0.25, -0.2) is 9.97 Å². The molecule has 5 heteroatoms. The molecule has 1 heterocycles. The van der Waals surface area contributed by atoms with E-state index < -0.39 is 5.92 Å². The van der Waals surface area contributed by atoms with Crippen LogP contribution < -0.4 is 10.2 Å². The number of hydrogen-bond acceptors (Lipinski definition) is 4. The molecule has 0 spiro atoms. The van der Waals surface area contributed by atoms with Crippen molar-refractivity contribution in [2.24, 2.45) is 0 Å². The van der Waals surface area contributed by atoms with Gasteiger partial charge < -0.3 is 10.2 Å². The Kier molecular flexibility index (Phi) is 6.15. The van der Waals surface area contributed by atoms with E-state index in [1.54, 1.807) is 18.5 Å². The van der Waals surface area contributed by atoms with Gasteiger partial charge in [0.15, 0.2) is 0 Å². The molecule has 0 aliphatic rings. The second-order valence-electron chi connectivity index (χ2n) is 6.16. The Labute approximate surface area is 160 Å². The van der Waals surface area contributed by atoms with Gasteiger partial charge in [0.1, 0.15) is 11.7 Å². The number of rotatable bonds is 7. The molecule has 1 amide bonds. The first kappa shape index (κ1) is 18.6. The monoisotopic (exact) mass is 360 g/mol. The molecule has 0 saturated carbocycles. The third kappa shape index (κ3) is 4.50. The van der Waals surface area contributed by atoms with Gasteiger partial charge in [-0.3, -0.25) is 4.79 Å². The summed E-state index contributed by atoms with van der Waals surface area (Å²) in [6.07, 6.45) is 3.31. The third-order valence-electron chi connectivity index (χ3n) is 4.50. The lowest BCUT2D eigenvalue weighted by Gasteiger charge is -2.21. The van der Waals surface area contributed by atoms with Gasteiger partial charge in [-0.05, 0) is 49.7 Å². The quantitative estimate of drug-likeness (QED) is 0.689. The number of nitrogens with one attached hydrogen (secondary N) is 1. The summed E-state index contributed by atoms with van der Waals surface area (Å²) in [6, 6.07) is 19.3. The number of aromatic nitrogens is 2. The van der Waals surface area contributed by atoms with Crippen molar-refractivity contribution in [3.63, 3.8) is 0 Å². The lowest BCUT2D eigenvalue weighted by molar-refractivity contribution is -0.116. The summed E-state index contributed by atoms with van der Waals surface area (Å²) >= 11 is 0. The van der Waals surface area contributed by atoms with Crippen molar-refractivity contribution in [2.75, 3.05) is 23.3 Å². The van der Waals surface area contributed by atoms with Crippen LogP contribution in [-0.2, 0) is 4.79 Å². The molecule has 3 aromatic rings. The molecule has 1 unspecified atom stereocenters. The Morgan fingerprint density at radius 1 is 0.926 bits per heavy atom. The SMILES string of the molecule is CCN(CC)c1ccc(NC(=O)C(c2ccccc2)c2ncccn2)cc1. The van der Waals surface area contributed by atoms with E-state index in [-0.39, 0.29) is 5.91 Å². The van der Waals surface area contributed by atoms with Crippen LogP contribution in [0.4, 0.5) is 11.4 Å². The van der Waals surface area contributed by atoms with Gasteiger partial charge in [0.2, 0.25) is 5.91 Å². The lowest BCUT2D eigenvalue weighted by Crippen LogP contribution is -2.24. The lowest BCUT2D eigenvalue weighted by atomic mass is 9.97. The van der Waals surface area contributed by atoms with Gasteiger partial charge in [-0.15, -0.1) is 0 Å². The summed E-state index contributed by atoms with van der Waals surface area (Å²) in [6.45, 7) is 6.15. The summed E-state index contributed by atoms with van der Waals surface area (Å²) < 4.78 is 0. The molecular weight excluding hydrogens is 336 g/mol. The molecule has 0 radical (unpaired) electrons. The minimum atomic E-state index is -0.560. The van der Waals surface area contributed by atoms with Crippen LogP contribution in [0.1, 0.15) is 31.2 Å². The highest BCUT2D eigenvalue weighted by molar-refractivity contribution is 5.97. The molecule has 3 rings (SSSR count). The number of amides is 1. The van der Waals surface area contributed by atoms with Crippen LogP contribution in [0.15, 0.2) is 73.1 Å². The molecule has 2 aromatic carbocycles. The van der Waals surface area contributed by atoms with E-state index in [0.717, 1.165) is 30.0 Å². The van der Waals surface area contributed by atoms with Gasteiger partial charge in [0.25, 0.3) is 0 Å². The predicted molar refractivity (Wildman–Crippen MR) is 109 cm³/mol. The summed E-state index contributed by atoms with van der Waals surface area (Å²) in [5, 5.41) is 3.00. The van der Waals surface area contributed by atoms with Crippen molar-refractivity contribution in [1.29, 1.82) is 0 Å². The first-order valence-electron chi connectivity index (χ1n) is 9.20. The van der Waals surface area contributed by atoms with Crippen molar-refractivity contribution in [1.82, 2.24) is 9.97 Å². The van der Waals surface area contributed by atoms with E-state index in [4.69, 9.17) is 0 Å². The molecule has 5 nitrogen and oxygen atoms in total. The second-order valence-corrected chi connectivity index (χ2v) is 6.16. The molecule has 0 fully saturated rings. The van der Waals surface area contributed by atoms with Crippen molar-refractivity contribution >= 4 is 17.3 Å². The Hall–Kier alpha value is -3.21. The minimum absolute atomic E-state index is 0.150. The molecule has 1 N–H and O–H groups in total. The van der Waals surface area contributed by atoms with E-state index >= 15 is 0 Å². The number of nitrogens with zero attached hydrogens (tertiary/aromatic N) is 3. The average molecular weight is 360 g/mol. The predicted octanol–water partition coefficient (Wildman–Crippen LogP) is 4.09. The van der Waals surface area contributed by atoms with Crippen LogP contribution in [0.25, 0.3) is 0 Å². The van der Waals surface area contributed by atoms with E-state index in [2.05, 4.69) is 34.0 Å².